The van der Waals surface area contributed by atoms with E-state index in [1.54, 1.807) is 0 Å². The fraction of sp³-hybridized carbons (Fsp3) is 0.632. The first-order chi connectivity index (χ1) is 11.5. The molecular weight excluding hydrogens is 318 g/mol. The van der Waals surface area contributed by atoms with E-state index >= 15 is 0 Å². The molecule has 0 saturated carbocycles. The zero-order valence-corrected chi connectivity index (χ0v) is 15.6. The Morgan fingerprint density at radius 2 is 1.88 bits per heavy atom. The Labute approximate surface area is 149 Å². The third-order valence-electron chi connectivity index (χ3n) is 5.31. The molecule has 2 heterocycles. The molecule has 1 aromatic carbocycles. The first-order valence-corrected chi connectivity index (χ1v) is 10.0. The lowest BCUT2D eigenvalue weighted by molar-refractivity contribution is 0.0533. The summed E-state index contributed by atoms with van der Waals surface area (Å²) in [6.07, 6.45) is 0.879. The van der Waals surface area contributed by atoms with E-state index in [-0.39, 0.29) is 17.4 Å². The average Bonchev–Trinajstić information content (AvgIpc) is 2.58. The van der Waals surface area contributed by atoms with Crippen LogP contribution in [-0.2, 0) is 6.54 Å². The lowest BCUT2D eigenvalue weighted by Crippen LogP contribution is -2.54. The predicted octanol–water partition coefficient (Wildman–Crippen LogP) is 2.43. The molecule has 0 bridgehead atoms. The van der Waals surface area contributed by atoms with Gasteiger partial charge in [0.25, 0.3) is 5.91 Å². The number of piperidine rings is 1. The summed E-state index contributed by atoms with van der Waals surface area (Å²) >= 11 is 2.03. The van der Waals surface area contributed by atoms with E-state index in [1.807, 2.05) is 28.8 Å². The van der Waals surface area contributed by atoms with Gasteiger partial charge in [-0.25, -0.2) is 0 Å². The molecule has 2 saturated heterocycles. The van der Waals surface area contributed by atoms with Gasteiger partial charge >= 0.3 is 0 Å². The van der Waals surface area contributed by atoms with Crippen molar-refractivity contribution in [3.8, 4) is 0 Å². The van der Waals surface area contributed by atoms with E-state index in [9.17, 15) is 4.79 Å². The van der Waals surface area contributed by atoms with Gasteiger partial charge in [-0.2, -0.15) is 11.8 Å². The van der Waals surface area contributed by atoms with Gasteiger partial charge in [-0.1, -0.05) is 26.0 Å². The maximum Gasteiger partial charge on any atom is 0.253 e. The molecule has 132 valence electrons. The summed E-state index contributed by atoms with van der Waals surface area (Å²) in [4.78, 5) is 17.2. The molecule has 1 atom stereocenters. The number of carbonyl (C=O) groups is 1. The Kier molecular flexibility index (Phi) is 5.52. The summed E-state index contributed by atoms with van der Waals surface area (Å²) in [5.74, 6) is 2.59. The van der Waals surface area contributed by atoms with Gasteiger partial charge in [0.2, 0.25) is 0 Å². The zero-order valence-electron chi connectivity index (χ0n) is 14.8. The first-order valence-electron chi connectivity index (χ1n) is 8.89. The minimum absolute atomic E-state index is 0.0138. The molecule has 0 spiro atoms. The lowest BCUT2D eigenvalue weighted by Gasteiger charge is -2.42. The first kappa shape index (κ1) is 17.8. The Balaban J connectivity index is 1.61. The molecular formula is C19H29N3OS. The third-order valence-corrected chi connectivity index (χ3v) is 6.25. The Morgan fingerprint density at radius 1 is 1.21 bits per heavy atom. The summed E-state index contributed by atoms with van der Waals surface area (Å²) in [7, 11) is 0. The van der Waals surface area contributed by atoms with Gasteiger partial charge in [-0.05, 0) is 29.5 Å². The summed E-state index contributed by atoms with van der Waals surface area (Å²) in [6.45, 7) is 9.11. The van der Waals surface area contributed by atoms with E-state index in [4.69, 9.17) is 5.73 Å². The number of hydrogen-bond acceptors (Lipinski definition) is 4. The van der Waals surface area contributed by atoms with E-state index in [0.29, 0.717) is 0 Å². The van der Waals surface area contributed by atoms with Gasteiger partial charge in [-0.3, -0.25) is 9.69 Å². The van der Waals surface area contributed by atoms with Crippen LogP contribution in [0, 0.1) is 5.41 Å². The minimum Gasteiger partial charge on any atom is -0.338 e. The molecule has 1 unspecified atom stereocenters. The van der Waals surface area contributed by atoms with Gasteiger partial charge in [0.1, 0.15) is 0 Å². The van der Waals surface area contributed by atoms with Crippen LogP contribution < -0.4 is 5.73 Å². The Hall–Kier alpha value is -1.04. The Bertz CT molecular complexity index is 566. The summed E-state index contributed by atoms with van der Waals surface area (Å²) < 4.78 is 0. The number of rotatable bonds is 3. The van der Waals surface area contributed by atoms with Crippen LogP contribution in [0.25, 0.3) is 0 Å². The third kappa shape index (κ3) is 4.13. The van der Waals surface area contributed by atoms with Gasteiger partial charge in [-0.15, -0.1) is 0 Å². The van der Waals surface area contributed by atoms with Crippen molar-refractivity contribution in [3.05, 3.63) is 35.4 Å². The second kappa shape index (κ2) is 7.46. The van der Waals surface area contributed by atoms with Crippen molar-refractivity contribution in [3.63, 3.8) is 0 Å². The van der Waals surface area contributed by atoms with Crippen LogP contribution in [0.5, 0.6) is 0 Å². The van der Waals surface area contributed by atoms with Crippen molar-refractivity contribution in [2.24, 2.45) is 11.1 Å². The van der Waals surface area contributed by atoms with Crippen molar-refractivity contribution < 1.29 is 4.79 Å². The van der Waals surface area contributed by atoms with Crippen molar-refractivity contribution in [1.82, 2.24) is 9.80 Å². The number of nitrogens with zero attached hydrogens (tertiary/aromatic N) is 2. The topological polar surface area (TPSA) is 49.6 Å². The fourth-order valence-corrected chi connectivity index (χ4v) is 4.48. The number of nitrogens with two attached hydrogens (primary N) is 1. The molecule has 2 aliphatic heterocycles. The monoisotopic (exact) mass is 347 g/mol. The number of carbonyl (C=O) groups excluding carboxylic acids is 1. The average molecular weight is 348 g/mol. The molecule has 0 aliphatic carbocycles. The predicted molar refractivity (Wildman–Crippen MR) is 101 cm³/mol. The molecule has 5 heteroatoms. The van der Waals surface area contributed by atoms with Crippen molar-refractivity contribution in [2.45, 2.75) is 32.9 Å². The largest absolute Gasteiger partial charge is 0.338 e. The van der Waals surface area contributed by atoms with Crippen LogP contribution in [-0.4, -0.2) is 59.4 Å². The SMILES string of the molecule is CC1(C)CN(C(=O)c2ccc(CN3CCSCC3)cc2)CCC1N. The highest BCUT2D eigenvalue weighted by Gasteiger charge is 2.35. The normalized spacial score (nSPS) is 24.8. The Morgan fingerprint density at radius 3 is 2.50 bits per heavy atom. The van der Waals surface area contributed by atoms with Crippen LogP contribution in [0.3, 0.4) is 0 Å². The van der Waals surface area contributed by atoms with Crippen LogP contribution in [0.4, 0.5) is 0 Å². The van der Waals surface area contributed by atoms with Gasteiger partial charge in [0.15, 0.2) is 0 Å². The van der Waals surface area contributed by atoms with Crippen molar-refractivity contribution in [1.29, 1.82) is 0 Å². The molecule has 0 radical (unpaired) electrons. The standard InChI is InChI=1S/C19H29N3OS/c1-19(2)14-22(8-7-17(19)20)18(23)16-5-3-15(4-6-16)13-21-9-11-24-12-10-21/h3-6,17H,7-14,20H2,1-2H3. The lowest BCUT2D eigenvalue weighted by atomic mass is 9.79. The van der Waals surface area contributed by atoms with Crippen LogP contribution in [0.1, 0.15) is 36.2 Å². The summed E-state index contributed by atoms with van der Waals surface area (Å²) in [5.41, 5.74) is 8.25. The molecule has 0 aromatic heterocycles. The highest BCUT2D eigenvalue weighted by molar-refractivity contribution is 7.99. The molecule has 2 N–H and O–H groups in total. The zero-order chi connectivity index (χ0) is 17.2. The number of likely N-dealkylation sites (tertiary alicyclic amines) is 1. The smallest absolute Gasteiger partial charge is 0.253 e. The second-order valence-corrected chi connectivity index (χ2v) is 8.92. The van der Waals surface area contributed by atoms with Gasteiger partial charge < -0.3 is 10.6 Å². The summed E-state index contributed by atoms with van der Waals surface area (Å²) in [5, 5.41) is 0. The minimum atomic E-state index is -0.0138. The summed E-state index contributed by atoms with van der Waals surface area (Å²) in [6, 6.07) is 8.35. The van der Waals surface area contributed by atoms with Crippen LogP contribution >= 0.6 is 11.8 Å². The van der Waals surface area contributed by atoms with Crippen molar-refractivity contribution >= 4 is 17.7 Å². The molecule has 1 aromatic rings. The molecule has 1 amide bonds. The van der Waals surface area contributed by atoms with Crippen LogP contribution in [0.15, 0.2) is 24.3 Å². The van der Waals surface area contributed by atoms with E-state index in [2.05, 4.69) is 30.9 Å². The molecule has 2 aliphatic rings. The van der Waals surface area contributed by atoms with E-state index < -0.39 is 0 Å². The maximum atomic E-state index is 12.8. The highest BCUT2D eigenvalue weighted by atomic mass is 32.2. The van der Waals surface area contributed by atoms with E-state index in [1.165, 1.54) is 17.1 Å². The second-order valence-electron chi connectivity index (χ2n) is 7.70. The molecule has 24 heavy (non-hydrogen) atoms. The van der Waals surface area contributed by atoms with Crippen LogP contribution in [0.2, 0.25) is 0 Å². The number of hydrogen-bond donors (Lipinski definition) is 1. The van der Waals surface area contributed by atoms with Gasteiger partial charge in [0.05, 0.1) is 0 Å². The number of thioether (sulfide) groups is 1. The quantitative estimate of drug-likeness (QED) is 0.912. The molecule has 2 fully saturated rings. The van der Waals surface area contributed by atoms with Crippen molar-refractivity contribution in [2.75, 3.05) is 37.7 Å². The van der Waals surface area contributed by atoms with Gasteiger partial charge in [0, 0.05) is 55.8 Å². The fourth-order valence-electron chi connectivity index (χ4n) is 3.50. The number of benzene rings is 1. The maximum absolute atomic E-state index is 12.8. The van der Waals surface area contributed by atoms with E-state index in [0.717, 1.165) is 44.7 Å². The number of amides is 1. The molecule has 3 rings (SSSR count). The highest BCUT2D eigenvalue weighted by Crippen LogP contribution is 2.28. The molecule has 4 nitrogen and oxygen atoms in total.